The predicted octanol–water partition coefficient (Wildman–Crippen LogP) is 2.31. The van der Waals surface area contributed by atoms with Crippen molar-refractivity contribution in [3.63, 3.8) is 0 Å². The van der Waals surface area contributed by atoms with Crippen LogP contribution in [0.4, 0.5) is 0 Å². The zero-order valence-electron chi connectivity index (χ0n) is 12.4. The highest BCUT2D eigenvalue weighted by molar-refractivity contribution is 5.94. The molecule has 0 saturated carbocycles. The molecular formula is C17H15N3O3. The molecule has 1 aromatic heterocycles. The van der Waals surface area contributed by atoms with Crippen LogP contribution in [0.15, 0.2) is 54.7 Å². The van der Waals surface area contributed by atoms with Crippen molar-refractivity contribution < 1.29 is 15.0 Å². The summed E-state index contributed by atoms with van der Waals surface area (Å²) >= 11 is 0. The first kappa shape index (κ1) is 14.6. The fraction of sp³-hybridized carbons (Fsp3) is 0.0588. The van der Waals surface area contributed by atoms with Gasteiger partial charge in [-0.15, -0.1) is 0 Å². The second-order valence-corrected chi connectivity index (χ2v) is 4.96. The summed E-state index contributed by atoms with van der Waals surface area (Å²) in [7, 11) is 1.58. The average molecular weight is 309 g/mol. The van der Waals surface area contributed by atoms with Gasteiger partial charge in [0.25, 0.3) is 5.91 Å². The Labute approximate surface area is 132 Å². The Bertz CT molecular complexity index is 854. The van der Waals surface area contributed by atoms with E-state index in [2.05, 4.69) is 10.4 Å². The van der Waals surface area contributed by atoms with E-state index in [0.717, 1.165) is 5.69 Å². The number of aromatic hydroxyl groups is 2. The van der Waals surface area contributed by atoms with Crippen LogP contribution < -0.4 is 5.32 Å². The van der Waals surface area contributed by atoms with E-state index in [-0.39, 0.29) is 17.4 Å². The van der Waals surface area contributed by atoms with Gasteiger partial charge in [0.15, 0.2) is 0 Å². The number of nitrogens with zero attached hydrogens (tertiary/aromatic N) is 2. The molecule has 0 fully saturated rings. The normalized spacial score (nSPS) is 10.5. The molecule has 0 spiro atoms. The quantitative estimate of drug-likeness (QED) is 0.693. The van der Waals surface area contributed by atoms with Crippen LogP contribution in [-0.2, 0) is 0 Å². The molecule has 0 saturated heterocycles. The minimum absolute atomic E-state index is 0.00718. The van der Waals surface area contributed by atoms with Gasteiger partial charge in [-0.2, -0.15) is 5.10 Å². The second-order valence-electron chi connectivity index (χ2n) is 4.96. The highest BCUT2D eigenvalue weighted by atomic mass is 16.3. The van der Waals surface area contributed by atoms with Crippen molar-refractivity contribution in [2.75, 3.05) is 7.05 Å². The summed E-state index contributed by atoms with van der Waals surface area (Å²) in [6, 6.07) is 13.1. The Balaban J connectivity index is 2.02. The van der Waals surface area contributed by atoms with Gasteiger partial charge in [0.1, 0.15) is 11.5 Å². The Morgan fingerprint density at radius 3 is 2.48 bits per heavy atom. The molecule has 0 bridgehead atoms. The smallest absolute Gasteiger partial charge is 0.251 e. The van der Waals surface area contributed by atoms with Crippen molar-refractivity contribution in [3.05, 3.63) is 60.3 Å². The van der Waals surface area contributed by atoms with E-state index in [4.69, 9.17) is 0 Å². The summed E-state index contributed by atoms with van der Waals surface area (Å²) in [6.07, 6.45) is 1.62. The largest absolute Gasteiger partial charge is 0.508 e. The molecule has 0 aliphatic rings. The van der Waals surface area contributed by atoms with Crippen LogP contribution in [0.25, 0.3) is 16.9 Å². The summed E-state index contributed by atoms with van der Waals surface area (Å²) < 4.78 is 1.65. The fourth-order valence-corrected chi connectivity index (χ4v) is 2.35. The highest BCUT2D eigenvalue weighted by Crippen LogP contribution is 2.32. The summed E-state index contributed by atoms with van der Waals surface area (Å²) in [6.45, 7) is 0. The van der Waals surface area contributed by atoms with Crippen LogP contribution in [0, 0.1) is 0 Å². The average Bonchev–Trinajstić information content (AvgIpc) is 3.03. The number of phenolic OH excluding ortho intramolecular Hbond substituents is 2. The number of hydrogen-bond acceptors (Lipinski definition) is 4. The van der Waals surface area contributed by atoms with Gasteiger partial charge in [0.05, 0.1) is 17.6 Å². The van der Waals surface area contributed by atoms with Crippen LogP contribution in [-0.4, -0.2) is 32.9 Å². The number of aromatic nitrogens is 2. The third-order valence-electron chi connectivity index (χ3n) is 3.50. The molecule has 23 heavy (non-hydrogen) atoms. The van der Waals surface area contributed by atoms with Crippen molar-refractivity contribution >= 4 is 5.91 Å². The molecule has 6 nitrogen and oxygen atoms in total. The van der Waals surface area contributed by atoms with Gasteiger partial charge in [-0.1, -0.05) is 0 Å². The highest BCUT2D eigenvalue weighted by Gasteiger charge is 2.12. The van der Waals surface area contributed by atoms with Gasteiger partial charge in [-0.25, -0.2) is 4.68 Å². The van der Waals surface area contributed by atoms with E-state index in [1.54, 1.807) is 54.3 Å². The Morgan fingerprint density at radius 1 is 1.09 bits per heavy atom. The number of carbonyl (C=O) groups is 1. The lowest BCUT2D eigenvalue weighted by molar-refractivity contribution is 0.0963. The first-order valence-electron chi connectivity index (χ1n) is 6.99. The minimum Gasteiger partial charge on any atom is -0.508 e. The van der Waals surface area contributed by atoms with Crippen LogP contribution >= 0.6 is 0 Å². The molecule has 1 heterocycles. The summed E-state index contributed by atoms with van der Waals surface area (Å²) in [5.74, 6) is -0.200. The molecule has 0 atom stereocenters. The van der Waals surface area contributed by atoms with Gasteiger partial charge >= 0.3 is 0 Å². The van der Waals surface area contributed by atoms with Crippen molar-refractivity contribution in [1.29, 1.82) is 0 Å². The van der Waals surface area contributed by atoms with Crippen molar-refractivity contribution in [2.45, 2.75) is 0 Å². The van der Waals surface area contributed by atoms with Crippen molar-refractivity contribution in [1.82, 2.24) is 15.1 Å². The van der Waals surface area contributed by atoms with E-state index in [0.29, 0.717) is 16.8 Å². The van der Waals surface area contributed by atoms with Gasteiger partial charge in [-0.3, -0.25) is 4.79 Å². The Morgan fingerprint density at radius 2 is 1.83 bits per heavy atom. The lowest BCUT2D eigenvalue weighted by Crippen LogP contribution is -2.17. The molecule has 0 unspecified atom stereocenters. The van der Waals surface area contributed by atoms with E-state index in [9.17, 15) is 15.0 Å². The SMILES string of the molecule is CNC(=O)c1ccc(-n2nccc2-c2ccc(O)cc2O)cc1. The first-order chi connectivity index (χ1) is 11.1. The third kappa shape index (κ3) is 2.74. The van der Waals surface area contributed by atoms with Gasteiger partial charge in [0, 0.05) is 24.2 Å². The number of carbonyl (C=O) groups excluding carboxylic acids is 1. The zero-order valence-corrected chi connectivity index (χ0v) is 12.4. The maximum atomic E-state index is 11.6. The number of hydrogen-bond donors (Lipinski definition) is 3. The van der Waals surface area contributed by atoms with Crippen LogP contribution in [0.2, 0.25) is 0 Å². The van der Waals surface area contributed by atoms with E-state index >= 15 is 0 Å². The van der Waals surface area contributed by atoms with Crippen LogP contribution in [0.1, 0.15) is 10.4 Å². The molecule has 0 aliphatic heterocycles. The minimum atomic E-state index is -0.159. The number of phenols is 2. The monoisotopic (exact) mass is 309 g/mol. The Hall–Kier alpha value is -3.28. The molecule has 3 rings (SSSR count). The standard InChI is InChI=1S/C17H15N3O3/c1-18-17(23)11-2-4-12(5-3-11)20-15(8-9-19-20)14-7-6-13(21)10-16(14)22/h2-10,21-22H,1H3,(H,18,23). The molecule has 0 aliphatic carbocycles. The molecule has 3 N–H and O–H groups in total. The van der Waals surface area contributed by atoms with Gasteiger partial charge < -0.3 is 15.5 Å². The number of benzene rings is 2. The predicted molar refractivity (Wildman–Crippen MR) is 85.7 cm³/mol. The van der Waals surface area contributed by atoms with E-state index in [1.807, 2.05) is 0 Å². The molecule has 6 heteroatoms. The lowest BCUT2D eigenvalue weighted by atomic mass is 10.1. The maximum absolute atomic E-state index is 11.6. The topological polar surface area (TPSA) is 87.4 Å². The molecular weight excluding hydrogens is 294 g/mol. The third-order valence-corrected chi connectivity index (χ3v) is 3.50. The number of rotatable bonds is 3. The molecule has 0 radical (unpaired) electrons. The zero-order chi connectivity index (χ0) is 16.4. The first-order valence-corrected chi connectivity index (χ1v) is 6.99. The number of amides is 1. The Kier molecular flexibility index (Phi) is 3.72. The fourth-order valence-electron chi connectivity index (χ4n) is 2.35. The summed E-state index contributed by atoms with van der Waals surface area (Å²) in [5.41, 5.74) is 2.54. The molecule has 2 aromatic carbocycles. The van der Waals surface area contributed by atoms with Gasteiger partial charge in [-0.05, 0) is 42.5 Å². The summed E-state index contributed by atoms with van der Waals surface area (Å²) in [4.78, 5) is 11.6. The van der Waals surface area contributed by atoms with E-state index in [1.165, 1.54) is 12.1 Å². The summed E-state index contributed by atoms with van der Waals surface area (Å²) in [5, 5.41) is 26.3. The lowest BCUT2D eigenvalue weighted by Gasteiger charge is -2.10. The van der Waals surface area contributed by atoms with Crippen molar-refractivity contribution in [2.24, 2.45) is 0 Å². The van der Waals surface area contributed by atoms with Crippen molar-refractivity contribution in [3.8, 4) is 28.4 Å². The molecule has 3 aromatic rings. The maximum Gasteiger partial charge on any atom is 0.251 e. The molecule has 116 valence electrons. The van der Waals surface area contributed by atoms with E-state index < -0.39 is 0 Å². The number of nitrogens with one attached hydrogen (secondary N) is 1. The van der Waals surface area contributed by atoms with Crippen LogP contribution in [0.5, 0.6) is 11.5 Å². The molecule has 1 amide bonds. The van der Waals surface area contributed by atoms with Crippen LogP contribution in [0.3, 0.4) is 0 Å². The second kappa shape index (κ2) is 5.84. The van der Waals surface area contributed by atoms with Gasteiger partial charge in [0.2, 0.25) is 0 Å².